The van der Waals surface area contributed by atoms with Crippen molar-refractivity contribution in [2.45, 2.75) is 78.6 Å². The molecule has 3 heterocycles. The maximum Gasteiger partial charge on any atom is 0.407 e. The molecule has 0 bridgehead atoms. The van der Waals surface area contributed by atoms with E-state index in [1.807, 2.05) is 43.7 Å². The number of carbonyl (C=O) groups is 1. The van der Waals surface area contributed by atoms with Crippen LogP contribution in [-0.2, 0) is 23.3 Å². The second-order valence-electron chi connectivity index (χ2n) is 14.1. The van der Waals surface area contributed by atoms with Gasteiger partial charge in [-0.3, -0.25) is 9.36 Å². The molecule has 0 spiro atoms. The normalized spacial score (nSPS) is 15.6. The van der Waals surface area contributed by atoms with Crippen LogP contribution in [0.5, 0.6) is 0 Å². The van der Waals surface area contributed by atoms with Crippen molar-refractivity contribution in [3.8, 4) is 11.1 Å². The molecule has 1 aliphatic rings. The van der Waals surface area contributed by atoms with Crippen LogP contribution in [0.3, 0.4) is 0 Å². The van der Waals surface area contributed by atoms with Crippen molar-refractivity contribution >= 4 is 54.4 Å². The fraction of sp³-hybridized carbons (Fsp3) is 0.581. The first kappa shape index (κ1) is 33.4. The average molecular weight is 651 g/mol. The largest absolute Gasteiger partial charge is 0.444 e. The van der Waals surface area contributed by atoms with Gasteiger partial charge in [0, 0.05) is 58.7 Å². The van der Waals surface area contributed by atoms with Crippen LogP contribution in [-0.4, -0.2) is 60.1 Å². The van der Waals surface area contributed by atoms with E-state index in [0.717, 1.165) is 18.9 Å². The summed E-state index contributed by atoms with van der Waals surface area (Å²) in [6, 6.07) is 6.46. The number of rotatable bonds is 9. The molecule has 0 saturated carbocycles. The molecule has 1 N–H and O–H groups in total. The van der Waals surface area contributed by atoms with Crippen LogP contribution < -0.4 is 15.8 Å². The lowest BCUT2D eigenvalue weighted by Gasteiger charge is -2.40. The second kappa shape index (κ2) is 12.8. The Kier molecular flexibility index (Phi) is 9.95. The minimum atomic E-state index is -1.27. The van der Waals surface area contributed by atoms with Gasteiger partial charge in [-0.15, -0.1) is 0 Å². The molecule has 12 heteroatoms. The van der Waals surface area contributed by atoms with Crippen LogP contribution in [0.1, 0.15) is 40.5 Å². The molecule has 1 saturated heterocycles. The molecule has 1 fully saturated rings. The molecule has 9 nitrogen and oxygen atoms in total. The zero-order chi connectivity index (χ0) is 31.7. The molecule has 2 aromatic heterocycles. The van der Waals surface area contributed by atoms with E-state index in [0.29, 0.717) is 64.4 Å². The van der Waals surface area contributed by atoms with Crippen molar-refractivity contribution in [2.24, 2.45) is 12.5 Å². The van der Waals surface area contributed by atoms with Crippen LogP contribution >= 0.6 is 23.2 Å². The van der Waals surface area contributed by atoms with Gasteiger partial charge in [-0.05, 0) is 51.1 Å². The van der Waals surface area contributed by atoms with Crippen LogP contribution in [0.2, 0.25) is 35.7 Å². The Labute approximate surface area is 265 Å². The molecular formula is C31H45Cl2N5O4Si. The lowest BCUT2D eigenvalue weighted by molar-refractivity contribution is 0.0495. The van der Waals surface area contributed by atoms with Gasteiger partial charge >= 0.3 is 6.09 Å². The Bertz CT molecular complexity index is 1530. The molecule has 0 unspecified atom stereocenters. The summed E-state index contributed by atoms with van der Waals surface area (Å²) < 4.78 is 15.0. The van der Waals surface area contributed by atoms with Gasteiger partial charge in [-0.1, -0.05) is 61.9 Å². The van der Waals surface area contributed by atoms with E-state index in [1.165, 1.54) is 0 Å². The smallest absolute Gasteiger partial charge is 0.407 e. The van der Waals surface area contributed by atoms with Crippen molar-refractivity contribution in [1.29, 1.82) is 0 Å². The monoisotopic (exact) mass is 649 g/mol. The van der Waals surface area contributed by atoms with Gasteiger partial charge in [0.05, 0.1) is 15.4 Å². The predicted molar refractivity (Wildman–Crippen MR) is 178 cm³/mol. The fourth-order valence-electron chi connectivity index (χ4n) is 5.17. The summed E-state index contributed by atoms with van der Waals surface area (Å²) in [6.45, 7) is 17.5. The van der Waals surface area contributed by atoms with Crippen LogP contribution in [0.15, 0.2) is 29.2 Å². The lowest BCUT2D eigenvalue weighted by Crippen LogP contribution is -2.47. The molecule has 1 amide bonds. The molecule has 1 aromatic carbocycles. The van der Waals surface area contributed by atoms with Crippen molar-refractivity contribution in [1.82, 2.24) is 19.4 Å². The third-order valence-corrected chi connectivity index (χ3v) is 10.4. The highest BCUT2D eigenvalue weighted by Crippen LogP contribution is 2.38. The summed E-state index contributed by atoms with van der Waals surface area (Å²) >= 11 is 13.0. The first-order chi connectivity index (χ1) is 20.0. The highest BCUT2D eigenvalue weighted by Gasteiger charge is 2.33. The number of piperidine rings is 1. The Hall–Kier alpha value is -2.53. The molecule has 3 aromatic rings. The summed E-state index contributed by atoms with van der Waals surface area (Å²) in [6.07, 6.45) is 3.13. The first-order valence-corrected chi connectivity index (χ1v) is 19.3. The summed E-state index contributed by atoms with van der Waals surface area (Å²) in [5.74, 6) is 0.602. The molecule has 0 radical (unpaired) electrons. The number of nitrogens with one attached hydrogen (secondary N) is 1. The highest BCUT2D eigenvalue weighted by atomic mass is 35.5. The first-order valence-electron chi connectivity index (χ1n) is 14.8. The van der Waals surface area contributed by atoms with Gasteiger partial charge in [0.25, 0.3) is 5.56 Å². The number of amides is 1. The Morgan fingerprint density at radius 2 is 1.81 bits per heavy atom. The second-order valence-corrected chi connectivity index (χ2v) is 20.5. The molecular weight excluding hydrogens is 605 g/mol. The zero-order valence-electron chi connectivity index (χ0n) is 26.6. The lowest BCUT2D eigenvalue weighted by atomic mass is 9.80. The molecule has 1 aliphatic heterocycles. The number of ether oxygens (including phenoxy) is 2. The number of fused-ring (bicyclic) bond motifs is 1. The van der Waals surface area contributed by atoms with E-state index in [2.05, 4.69) is 36.8 Å². The standard InChI is InChI=1S/C31H45Cl2N5O4Si/c1-30(2,3)42-29(40)34-19-31(4)12-14-37(15-13-31)28-35-26-24(27(39)36(28)5)22(21-10-9-11-23(32)25(21)33)18-38(26)20-41-16-17-43(6,7)8/h9-11,18H,12-17,19-20H2,1-8H3,(H,34,40). The molecule has 43 heavy (non-hydrogen) atoms. The third-order valence-electron chi connectivity index (χ3n) is 7.85. The Morgan fingerprint density at radius 1 is 1.14 bits per heavy atom. The molecule has 4 rings (SSSR count). The number of hydrogen-bond acceptors (Lipinski definition) is 6. The van der Waals surface area contributed by atoms with E-state index in [-0.39, 0.29) is 17.7 Å². The summed E-state index contributed by atoms with van der Waals surface area (Å²) in [7, 11) is 0.492. The summed E-state index contributed by atoms with van der Waals surface area (Å²) in [4.78, 5) is 33.4. The van der Waals surface area contributed by atoms with Gasteiger partial charge in [0.1, 0.15) is 12.3 Å². The third kappa shape index (κ3) is 8.15. The molecule has 0 aliphatic carbocycles. The quantitative estimate of drug-likeness (QED) is 0.195. The fourth-order valence-corrected chi connectivity index (χ4v) is 6.33. The summed E-state index contributed by atoms with van der Waals surface area (Å²) in [5, 5.41) is 4.22. The van der Waals surface area contributed by atoms with Gasteiger partial charge in [-0.2, -0.15) is 4.98 Å². The van der Waals surface area contributed by atoms with Crippen molar-refractivity contribution < 1.29 is 14.3 Å². The number of nitrogens with zero attached hydrogens (tertiary/aromatic N) is 4. The van der Waals surface area contributed by atoms with E-state index < -0.39 is 19.8 Å². The van der Waals surface area contributed by atoms with E-state index in [1.54, 1.807) is 17.7 Å². The summed E-state index contributed by atoms with van der Waals surface area (Å²) in [5.41, 5.74) is 1.10. The Balaban J connectivity index is 1.63. The predicted octanol–water partition coefficient (Wildman–Crippen LogP) is 7.15. The SMILES string of the molecule is Cn1c(N2CCC(C)(CNC(=O)OC(C)(C)C)CC2)nc2c(c(-c3cccc(Cl)c3Cl)cn2COCC[Si](C)(C)C)c1=O. The van der Waals surface area contributed by atoms with E-state index in [9.17, 15) is 9.59 Å². The minimum absolute atomic E-state index is 0.0999. The number of anilines is 1. The minimum Gasteiger partial charge on any atom is -0.444 e. The number of alkyl carbamates (subject to hydrolysis) is 1. The van der Waals surface area contributed by atoms with Gasteiger partial charge in [0.15, 0.2) is 5.65 Å². The number of halogens is 2. The molecule has 236 valence electrons. The van der Waals surface area contributed by atoms with Crippen molar-refractivity contribution in [3.63, 3.8) is 0 Å². The van der Waals surface area contributed by atoms with E-state index in [4.69, 9.17) is 37.7 Å². The number of benzene rings is 1. The van der Waals surface area contributed by atoms with Crippen molar-refractivity contribution in [2.75, 3.05) is 31.1 Å². The number of carbonyl (C=O) groups excluding carboxylic acids is 1. The van der Waals surface area contributed by atoms with Crippen LogP contribution in [0, 0.1) is 5.41 Å². The number of aromatic nitrogens is 3. The molecule has 0 atom stereocenters. The van der Waals surface area contributed by atoms with Crippen molar-refractivity contribution in [3.05, 3.63) is 44.8 Å². The maximum atomic E-state index is 14.0. The van der Waals surface area contributed by atoms with Crippen LogP contribution in [0.25, 0.3) is 22.2 Å². The maximum absolute atomic E-state index is 14.0. The van der Waals surface area contributed by atoms with E-state index >= 15 is 0 Å². The van der Waals surface area contributed by atoms with Gasteiger partial charge in [-0.25, -0.2) is 4.79 Å². The topological polar surface area (TPSA) is 90.6 Å². The van der Waals surface area contributed by atoms with Crippen LogP contribution in [0.4, 0.5) is 10.7 Å². The Morgan fingerprint density at radius 3 is 2.44 bits per heavy atom. The number of hydrogen-bond donors (Lipinski definition) is 1. The zero-order valence-corrected chi connectivity index (χ0v) is 29.2. The average Bonchev–Trinajstić information content (AvgIpc) is 3.26. The van der Waals surface area contributed by atoms with Gasteiger partial charge in [0.2, 0.25) is 5.95 Å². The highest BCUT2D eigenvalue weighted by molar-refractivity contribution is 6.76. The van der Waals surface area contributed by atoms with Gasteiger partial charge < -0.3 is 24.3 Å².